The Hall–Kier alpha value is -1.02. The summed E-state index contributed by atoms with van der Waals surface area (Å²) in [5.74, 6) is 0. The normalized spacial score (nSPS) is 16.2. The monoisotopic (exact) mass is 194 g/mol. The summed E-state index contributed by atoms with van der Waals surface area (Å²) >= 11 is 6.04. The molecule has 0 aromatic heterocycles. The van der Waals surface area contributed by atoms with E-state index in [2.05, 4.69) is 5.10 Å². The van der Waals surface area contributed by atoms with Crippen molar-refractivity contribution in [3.8, 4) is 0 Å². The van der Waals surface area contributed by atoms with Gasteiger partial charge >= 0.3 is 0 Å². The summed E-state index contributed by atoms with van der Waals surface area (Å²) in [5, 5.41) is 7.00. The van der Waals surface area contributed by atoms with Crippen LogP contribution in [0.1, 0.15) is 12.8 Å². The van der Waals surface area contributed by atoms with Crippen LogP contribution < -0.4 is 5.01 Å². The van der Waals surface area contributed by atoms with E-state index in [1.54, 1.807) is 0 Å². The van der Waals surface area contributed by atoms with Crippen LogP contribution in [0, 0.1) is 0 Å². The van der Waals surface area contributed by atoms with Crippen LogP contribution in [-0.4, -0.2) is 12.8 Å². The standard InChI is InChI=1S/C10H11ClN2/c11-9-5-1-2-6-10(9)13-8-4-3-7-12-13/h1-2,5-7H,3-4,8H2. The van der Waals surface area contributed by atoms with Gasteiger partial charge in [-0.15, -0.1) is 0 Å². The highest BCUT2D eigenvalue weighted by atomic mass is 35.5. The molecule has 0 atom stereocenters. The molecular weight excluding hydrogens is 184 g/mol. The molecule has 1 heterocycles. The molecule has 0 amide bonds. The zero-order chi connectivity index (χ0) is 9.10. The summed E-state index contributed by atoms with van der Waals surface area (Å²) in [6, 6.07) is 7.79. The lowest BCUT2D eigenvalue weighted by molar-refractivity contribution is 0.752. The highest BCUT2D eigenvalue weighted by molar-refractivity contribution is 6.33. The fourth-order valence-electron chi connectivity index (χ4n) is 1.39. The molecule has 68 valence electrons. The Morgan fingerprint density at radius 2 is 2.15 bits per heavy atom. The van der Waals surface area contributed by atoms with Crippen molar-refractivity contribution in [2.24, 2.45) is 5.10 Å². The average Bonchev–Trinajstić information content (AvgIpc) is 2.20. The zero-order valence-corrected chi connectivity index (χ0v) is 8.04. The molecule has 2 rings (SSSR count). The Balaban J connectivity index is 2.29. The van der Waals surface area contributed by atoms with Crippen LogP contribution in [0.15, 0.2) is 29.4 Å². The largest absolute Gasteiger partial charge is 0.264 e. The first-order chi connectivity index (χ1) is 6.38. The van der Waals surface area contributed by atoms with E-state index in [0.717, 1.165) is 30.1 Å². The fourth-order valence-corrected chi connectivity index (χ4v) is 1.62. The molecule has 0 saturated heterocycles. The summed E-state index contributed by atoms with van der Waals surface area (Å²) < 4.78 is 0. The lowest BCUT2D eigenvalue weighted by atomic mass is 10.2. The SMILES string of the molecule is Clc1ccccc1N1CCCC=N1. The van der Waals surface area contributed by atoms with Crippen LogP contribution in [0.25, 0.3) is 0 Å². The van der Waals surface area contributed by atoms with Crippen molar-refractivity contribution in [1.82, 2.24) is 0 Å². The van der Waals surface area contributed by atoms with Crippen LogP contribution in [-0.2, 0) is 0 Å². The number of hydrogen-bond acceptors (Lipinski definition) is 2. The fraction of sp³-hybridized carbons (Fsp3) is 0.300. The molecule has 3 heteroatoms. The summed E-state index contributed by atoms with van der Waals surface area (Å²) in [6.45, 7) is 0.959. The second-order valence-corrected chi connectivity index (χ2v) is 3.42. The minimum Gasteiger partial charge on any atom is -0.264 e. The molecule has 0 spiro atoms. The smallest absolute Gasteiger partial charge is 0.0779 e. The molecule has 2 nitrogen and oxygen atoms in total. The summed E-state index contributed by atoms with van der Waals surface area (Å²) in [4.78, 5) is 0. The van der Waals surface area contributed by atoms with Crippen LogP contribution in [0.5, 0.6) is 0 Å². The molecule has 0 saturated carbocycles. The van der Waals surface area contributed by atoms with Crippen molar-refractivity contribution < 1.29 is 0 Å². The maximum Gasteiger partial charge on any atom is 0.0779 e. The van der Waals surface area contributed by atoms with E-state index >= 15 is 0 Å². The number of rotatable bonds is 1. The van der Waals surface area contributed by atoms with Gasteiger partial charge in [0.2, 0.25) is 0 Å². The van der Waals surface area contributed by atoms with E-state index in [-0.39, 0.29) is 0 Å². The molecule has 13 heavy (non-hydrogen) atoms. The van der Waals surface area contributed by atoms with Gasteiger partial charge in [-0.3, -0.25) is 5.01 Å². The average molecular weight is 195 g/mol. The zero-order valence-electron chi connectivity index (χ0n) is 7.28. The van der Waals surface area contributed by atoms with E-state index in [9.17, 15) is 0 Å². The predicted octanol–water partition coefficient (Wildman–Crippen LogP) is 2.93. The number of nitrogens with zero attached hydrogens (tertiary/aromatic N) is 2. The number of anilines is 1. The van der Waals surface area contributed by atoms with Crippen molar-refractivity contribution in [3.05, 3.63) is 29.3 Å². The van der Waals surface area contributed by atoms with Gasteiger partial charge in [0.25, 0.3) is 0 Å². The Bertz CT molecular complexity index is 322. The third-order valence-corrected chi connectivity index (χ3v) is 2.37. The summed E-state index contributed by atoms with van der Waals surface area (Å²) in [7, 11) is 0. The van der Waals surface area contributed by atoms with Crippen LogP contribution in [0.4, 0.5) is 5.69 Å². The number of para-hydroxylation sites is 1. The first-order valence-corrected chi connectivity index (χ1v) is 4.80. The maximum atomic E-state index is 6.04. The van der Waals surface area contributed by atoms with Gasteiger partial charge in [-0.25, -0.2) is 0 Å². The first-order valence-electron chi connectivity index (χ1n) is 4.42. The van der Waals surface area contributed by atoms with Gasteiger partial charge in [0.15, 0.2) is 0 Å². The molecule has 1 aromatic rings. The molecule has 0 bridgehead atoms. The Morgan fingerprint density at radius 3 is 2.85 bits per heavy atom. The molecule has 1 aliphatic rings. The third kappa shape index (κ3) is 1.83. The van der Waals surface area contributed by atoms with Gasteiger partial charge in [-0.1, -0.05) is 23.7 Å². The van der Waals surface area contributed by atoms with Crippen LogP contribution >= 0.6 is 11.6 Å². The van der Waals surface area contributed by atoms with Crippen molar-refractivity contribution in [2.45, 2.75) is 12.8 Å². The van der Waals surface area contributed by atoms with Crippen molar-refractivity contribution >= 4 is 23.5 Å². The minimum atomic E-state index is 0.765. The molecule has 0 unspecified atom stereocenters. The van der Waals surface area contributed by atoms with Crippen molar-refractivity contribution in [1.29, 1.82) is 0 Å². The number of hydrogen-bond donors (Lipinski definition) is 0. The highest BCUT2D eigenvalue weighted by Crippen LogP contribution is 2.26. The number of halogens is 1. The van der Waals surface area contributed by atoms with E-state index in [0.29, 0.717) is 0 Å². The topological polar surface area (TPSA) is 15.6 Å². The van der Waals surface area contributed by atoms with Gasteiger partial charge in [0, 0.05) is 12.8 Å². The van der Waals surface area contributed by atoms with E-state index in [4.69, 9.17) is 11.6 Å². The summed E-state index contributed by atoms with van der Waals surface area (Å²) in [6.07, 6.45) is 4.16. The molecule has 0 radical (unpaired) electrons. The lowest BCUT2D eigenvalue weighted by Crippen LogP contribution is -2.21. The van der Waals surface area contributed by atoms with E-state index in [1.807, 2.05) is 35.5 Å². The highest BCUT2D eigenvalue weighted by Gasteiger charge is 2.09. The predicted molar refractivity (Wildman–Crippen MR) is 56.5 cm³/mol. The number of hydrazone groups is 1. The van der Waals surface area contributed by atoms with Crippen LogP contribution in [0.2, 0.25) is 5.02 Å². The van der Waals surface area contributed by atoms with Gasteiger partial charge < -0.3 is 0 Å². The second kappa shape index (κ2) is 3.79. The molecule has 1 aliphatic heterocycles. The number of benzene rings is 1. The minimum absolute atomic E-state index is 0.765. The second-order valence-electron chi connectivity index (χ2n) is 3.01. The van der Waals surface area contributed by atoms with Gasteiger partial charge in [0.1, 0.15) is 0 Å². The lowest BCUT2D eigenvalue weighted by Gasteiger charge is -2.22. The Labute approximate surface area is 82.8 Å². The Morgan fingerprint density at radius 1 is 1.31 bits per heavy atom. The molecule has 0 fully saturated rings. The van der Waals surface area contributed by atoms with Crippen molar-refractivity contribution in [3.63, 3.8) is 0 Å². The first kappa shape index (κ1) is 8.57. The van der Waals surface area contributed by atoms with E-state index in [1.165, 1.54) is 0 Å². The molecular formula is C10H11ClN2. The molecule has 0 N–H and O–H groups in total. The summed E-state index contributed by atoms with van der Waals surface area (Å²) in [5.41, 5.74) is 1.00. The molecule has 1 aromatic carbocycles. The quantitative estimate of drug-likeness (QED) is 0.671. The van der Waals surface area contributed by atoms with Crippen molar-refractivity contribution in [2.75, 3.05) is 11.6 Å². The van der Waals surface area contributed by atoms with E-state index < -0.39 is 0 Å². The van der Waals surface area contributed by atoms with Gasteiger partial charge in [-0.2, -0.15) is 5.10 Å². The third-order valence-electron chi connectivity index (χ3n) is 2.05. The maximum absolute atomic E-state index is 6.04. The van der Waals surface area contributed by atoms with Gasteiger partial charge in [-0.05, 0) is 25.0 Å². The van der Waals surface area contributed by atoms with Crippen LogP contribution in [0.3, 0.4) is 0 Å². The van der Waals surface area contributed by atoms with Gasteiger partial charge in [0.05, 0.1) is 10.7 Å². The Kier molecular flexibility index (Phi) is 2.50. The molecule has 0 aliphatic carbocycles.